The highest BCUT2D eigenvalue weighted by molar-refractivity contribution is 5.52. The van der Waals surface area contributed by atoms with E-state index in [-0.39, 0.29) is 11.5 Å². The van der Waals surface area contributed by atoms with Crippen LogP contribution in [-0.2, 0) is 0 Å². The average Bonchev–Trinajstić information content (AvgIpc) is 2.34. The molecule has 0 heterocycles. The van der Waals surface area contributed by atoms with Gasteiger partial charge in [0.15, 0.2) is 11.5 Å². The predicted molar refractivity (Wildman–Crippen MR) is 72.5 cm³/mol. The SMILES string of the molecule is COc1cc(OC)c(C(N)C(C)(C)C)cc1OC. The summed E-state index contributed by atoms with van der Waals surface area (Å²) in [5.41, 5.74) is 7.14. The quantitative estimate of drug-likeness (QED) is 0.896. The lowest BCUT2D eigenvalue weighted by Crippen LogP contribution is -2.26. The molecule has 0 bridgehead atoms. The normalized spacial score (nSPS) is 13.1. The minimum atomic E-state index is -0.146. The van der Waals surface area contributed by atoms with E-state index in [1.807, 2.05) is 6.07 Å². The summed E-state index contributed by atoms with van der Waals surface area (Å²) in [5, 5.41) is 0. The van der Waals surface area contributed by atoms with E-state index < -0.39 is 0 Å². The molecular weight excluding hydrogens is 230 g/mol. The van der Waals surface area contributed by atoms with Crippen LogP contribution in [0.5, 0.6) is 17.2 Å². The van der Waals surface area contributed by atoms with Crippen molar-refractivity contribution in [1.82, 2.24) is 0 Å². The third-order valence-corrected chi connectivity index (χ3v) is 3.00. The number of hydrogen-bond acceptors (Lipinski definition) is 4. The second-order valence-corrected chi connectivity index (χ2v) is 5.29. The Bertz CT molecular complexity index is 410. The van der Waals surface area contributed by atoms with Gasteiger partial charge in [-0.2, -0.15) is 0 Å². The van der Waals surface area contributed by atoms with Crippen LogP contribution in [-0.4, -0.2) is 21.3 Å². The van der Waals surface area contributed by atoms with E-state index in [1.54, 1.807) is 27.4 Å². The molecule has 4 heteroatoms. The van der Waals surface area contributed by atoms with E-state index in [9.17, 15) is 0 Å². The largest absolute Gasteiger partial charge is 0.496 e. The zero-order valence-corrected chi connectivity index (χ0v) is 12.0. The van der Waals surface area contributed by atoms with E-state index in [4.69, 9.17) is 19.9 Å². The third kappa shape index (κ3) is 2.88. The van der Waals surface area contributed by atoms with Crippen LogP contribution in [0.4, 0.5) is 0 Å². The number of rotatable bonds is 4. The summed E-state index contributed by atoms with van der Waals surface area (Å²) in [6.45, 7) is 6.27. The Labute approximate surface area is 109 Å². The monoisotopic (exact) mass is 253 g/mol. The molecule has 0 aliphatic rings. The lowest BCUT2D eigenvalue weighted by Gasteiger charge is -2.29. The van der Waals surface area contributed by atoms with E-state index in [2.05, 4.69) is 20.8 Å². The Morgan fingerprint density at radius 1 is 0.889 bits per heavy atom. The summed E-state index contributed by atoms with van der Waals surface area (Å²) in [5.74, 6) is 2.02. The zero-order chi connectivity index (χ0) is 13.9. The molecule has 18 heavy (non-hydrogen) atoms. The maximum atomic E-state index is 6.29. The number of nitrogens with two attached hydrogens (primary N) is 1. The Kier molecular flexibility index (Phi) is 4.46. The molecule has 0 spiro atoms. The highest BCUT2D eigenvalue weighted by atomic mass is 16.5. The second kappa shape index (κ2) is 5.48. The van der Waals surface area contributed by atoms with E-state index in [0.29, 0.717) is 11.5 Å². The molecule has 0 amide bonds. The summed E-state index contributed by atoms with van der Waals surface area (Å²) < 4.78 is 15.9. The van der Waals surface area contributed by atoms with Crippen LogP contribution in [0.3, 0.4) is 0 Å². The summed E-state index contributed by atoms with van der Waals surface area (Å²) in [4.78, 5) is 0. The van der Waals surface area contributed by atoms with Crippen LogP contribution in [0.2, 0.25) is 0 Å². The molecule has 1 aromatic rings. The average molecular weight is 253 g/mol. The van der Waals surface area contributed by atoms with Gasteiger partial charge in [0.1, 0.15) is 5.75 Å². The smallest absolute Gasteiger partial charge is 0.164 e. The summed E-state index contributed by atoms with van der Waals surface area (Å²) >= 11 is 0. The molecule has 2 N–H and O–H groups in total. The Hall–Kier alpha value is -1.42. The van der Waals surface area contributed by atoms with Crippen molar-refractivity contribution in [2.75, 3.05) is 21.3 Å². The van der Waals surface area contributed by atoms with Crippen LogP contribution in [0, 0.1) is 5.41 Å². The van der Waals surface area contributed by atoms with Gasteiger partial charge in [0.2, 0.25) is 0 Å². The summed E-state index contributed by atoms with van der Waals surface area (Å²) in [6, 6.07) is 3.54. The first kappa shape index (κ1) is 14.6. The van der Waals surface area contributed by atoms with E-state index in [0.717, 1.165) is 11.3 Å². The maximum absolute atomic E-state index is 6.29. The molecule has 1 atom stereocenters. The van der Waals surface area contributed by atoms with Gasteiger partial charge in [-0.3, -0.25) is 0 Å². The van der Waals surface area contributed by atoms with Crippen molar-refractivity contribution in [1.29, 1.82) is 0 Å². The molecule has 0 radical (unpaired) electrons. The van der Waals surface area contributed by atoms with Crippen LogP contribution in [0.15, 0.2) is 12.1 Å². The van der Waals surface area contributed by atoms with Crippen molar-refractivity contribution >= 4 is 0 Å². The molecule has 1 aromatic carbocycles. The van der Waals surface area contributed by atoms with Gasteiger partial charge in [-0.05, 0) is 11.5 Å². The fourth-order valence-electron chi connectivity index (χ4n) is 1.76. The van der Waals surface area contributed by atoms with Crippen molar-refractivity contribution in [2.45, 2.75) is 26.8 Å². The third-order valence-electron chi connectivity index (χ3n) is 3.00. The van der Waals surface area contributed by atoms with Crippen LogP contribution >= 0.6 is 0 Å². The molecule has 102 valence electrons. The molecule has 0 aromatic heterocycles. The van der Waals surface area contributed by atoms with Gasteiger partial charge in [0.25, 0.3) is 0 Å². The van der Waals surface area contributed by atoms with Crippen LogP contribution in [0.25, 0.3) is 0 Å². The van der Waals surface area contributed by atoms with Crippen molar-refractivity contribution < 1.29 is 14.2 Å². The molecule has 0 aliphatic carbocycles. The van der Waals surface area contributed by atoms with Crippen LogP contribution < -0.4 is 19.9 Å². The standard InChI is InChI=1S/C14H23NO3/c1-14(2,3)13(15)9-7-11(17-5)12(18-6)8-10(9)16-4/h7-8,13H,15H2,1-6H3. The summed E-state index contributed by atoms with van der Waals surface area (Å²) in [6.07, 6.45) is 0. The lowest BCUT2D eigenvalue weighted by molar-refractivity contribution is 0.308. The second-order valence-electron chi connectivity index (χ2n) is 5.29. The highest BCUT2D eigenvalue weighted by Gasteiger charge is 2.26. The minimum Gasteiger partial charge on any atom is -0.496 e. The van der Waals surface area contributed by atoms with E-state index >= 15 is 0 Å². The van der Waals surface area contributed by atoms with Crippen molar-refractivity contribution in [3.8, 4) is 17.2 Å². The topological polar surface area (TPSA) is 53.7 Å². The summed E-state index contributed by atoms with van der Waals surface area (Å²) in [7, 11) is 4.83. The Morgan fingerprint density at radius 3 is 1.72 bits per heavy atom. The molecule has 0 saturated carbocycles. The predicted octanol–water partition coefficient (Wildman–Crippen LogP) is 2.76. The fraction of sp³-hybridized carbons (Fsp3) is 0.571. The van der Waals surface area contributed by atoms with Gasteiger partial charge in [-0.15, -0.1) is 0 Å². The zero-order valence-electron chi connectivity index (χ0n) is 12.0. The molecular formula is C14H23NO3. The first-order valence-electron chi connectivity index (χ1n) is 5.90. The van der Waals surface area contributed by atoms with Crippen LogP contribution in [0.1, 0.15) is 32.4 Å². The first-order chi connectivity index (χ1) is 8.35. The van der Waals surface area contributed by atoms with Crippen molar-refractivity contribution in [2.24, 2.45) is 11.1 Å². The number of ether oxygens (including phenoxy) is 3. The van der Waals surface area contributed by atoms with Crippen molar-refractivity contribution in [3.05, 3.63) is 17.7 Å². The molecule has 1 unspecified atom stereocenters. The van der Waals surface area contributed by atoms with Gasteiger partial charge in [-0.25, -0.2) is 0 Å². The molecule has 4 nitrogen and oxygen atoms in total. The van der Waals surface area contributed by atoms with Gasteiger partial charge >= 0.3 is 0 Å². The number of methoxy groups -OCH3 is 3. The maximum Gasteiger partial charge on any atom is 0.164 e. The first-order valence-corrected chi connectivity index (χ1v) is 5.90. The van der Waals surface area contributed by atoms with Gasteiger partial charge in [0, 0.05) is 17.7 Å². The lowest BCUT2D eigenvalue weighted by atomic mass is 9.82. The van der Waals surface area contributed by atoms with Gasteiger partial charge < -0.3 is 19.9 Å². The highest BCUT2D eigenvalue weighted by Crippen LogP contribution is 2.41. The number of benzene rings is 1. The molecule has 0 saturated heterocycles. The fourth-order valence-corrected chi connectivity index (χ4v) is 1.76. The Balaban J connectivity index is 3.34. The number of hydrogen-bond donors (Lipinski definition) is 1. The molecule has 0 aliphatic heterocycles. The molecule has 0 fully saturated rings. The van der Waals surface area contributed by atoms with Gasteiger partial charge in [-0.1, -0.05) is 20.8 Å². The molecule has 1 rings (SSSR count). The minimum absolute atomic E-state index is 0.0626. The van der Waals surface area contributed by atoms with E-state index in [1.165, 1.54) is 0 Å². The van der Waals surface area contributed by atoms with Crippen molar-refractivity contribution in [3.63, 3.8) is 0 Å². The Morgan fingerprint density at radius 2 is 1.33 bits per heavy atom. The van der Waals surface area contributed by atoms with Gasteiger partial charge in [0.05, 0.1) is 21.3 Å².